The van der Waals surface area contributed by atoms with Crippen molar-refractivity contribution < 1.29 is 28.2 Å². The molecule has 0 saturated carbocycles. The first kappa shape index (κ1) is 28.7. The third kappa shape index (κ3) is 12.6. The highest BCUT2D eigenvalue weighted by Crippen LogP contribution is 2.22. The van der Waals surface area contributed by atoms with Gasteiger partial charge < -0.3 is 20.4 Å². The van der Waals surface area contributed by atoms with Gasteiger partial charge in [-0.1, -0.05) is 44.7 Å². The first-order valence-electron chi connectivity index (χ1n) is 11.1. The van der Waals surface area contributed by atoms with Crippen LogP contribution in [-0.2, 0) is 19.6 Å². The number of ether oxygens (including phenoxy) is 1. The summed E-state index contributed by atoms with van der Waals surface area (Å²) < 4.78 is 30.2. The molecule has 0 aliphatic carbocycles. The summed E-state index contributed by atoms with van der Waals surface area (Å²) in [4.78, 5) is 11.4. The van der Waals surface area contributed by atoms with E-state index in [4.69, 9.17) is 9.84 Å². The second-order valence-electron chi connectivity index (χ2n) is 7.64. The van der Waals surface area contributed by atoms with E-state index in [0.29, 0.717) is 24.4 Å². The zero-order chi connectivity index (χ0) is 23.8. The Morgan fingerprint density at radius 2 is 1.88 bits per heavy atom. The second kappa shape index (κ2) is 16.3. The average Bonchev–Trinajstić information content (AvgIpc) is 2.76. The number of sulfonamides is 1. The van der Waals surface area contributed by atoms with Crippen molar-refractivity contribution in [3.63, 3.8) is 0 Å². The molecule has 0 saturated heterocycles. The fraction of sp³-hybridized carbons (Fsp3) is 0.682. The SMILES string of the molecule is CCCCCCC(O)c1ccc(NN(CCCCSCC(=O)OCCO)S(C)(=O)=O)cc1. The molecule has 0 aromatic heterocycles. The van der Waals surface area contributed by atoms with Gasteiger partial charge in [0.15, 0.2) is 0 Å². The van der Waals surface area contributed by atoms with Crippen LogP contribution in [-0.4, -0.2) is 66.5 Å². The van der Waals surface area contributed by atoms with Crippen molar-refractivity contribution in [2.75, 3.05) is 42.9 Å². The van der Waals surface area contributed by atoms with E-state index in [-0.39, 0.29) is 24.9 Å². The number of benzene rings is 1. The third-order valence-electron chi connectivity index (χ3n) is 4.75. The number of unbranched alkanes of at least 4 members (excludes halogenated alkanes) is 4. The molecular weight excluding hydrogens is 452 g/mol. The predicted octanol–water partition coefficient (Wildman–Crippen LogP) is 3.33. The minimum absolute atomic E-state index is 0.00722. The highest BCUT2D eigenvalue weighted by Gasteiger charge is 2.16. The molecule has 32 heavy (non-hydrogen) atoms. The maximum atomic E-state index is 12.1. The van der Waals surface area contributed by atoms with Crippen molar-refractivity contribution in [1.29, 1.82) is 0 Å². The maximum absolute atomic E-state index is 12.1. The van der Waals surface area contributed by atoms with Crippen LogP contribution in [0.4, 0.5) is 5.69 Å². The molecular formula is C22H38N2O6S2. The summed E-state index contributed by atoms with van der Waals surface area (Å²) in [6.07, 6.45) is 7.17. The standard InChI is InChI=1S/C22H38N2O6S2/c1-3-4-5-6-9-21(26)19-10-12-20(13-11-19)23-24(32(2,28)29)14-7-8-17-31-18-22(27)30-16-15-25/h10-13,21,23,25-26H,3-9,14-18H2,1-2H3. The summed E-state index contributed by atoms with van der Waals surface area (Å²) in [7, 11) is -3.46. The monoisotopic (exact) mass is 490 g/mol. The van der Waals surface area contributed by atoms with Crippen molar-refractivity contribution in [1.82, 2.24) is 4.41 Å². The van der Waals surface area contributed by atoms with Crippen LogP contribution in [0.15, 0.2) is 24.3 Å². The van der Waals surface area contributed by atoms with Gasteiger partial charge in [-0.3, -0.25) is 4.79 Å². The lowest BCUT2D eigenvalue weighted by molar-refractivity contribution is -0.141. The van der Waals surface area contributed by atoms with Gasteiger partial charge in [0.2, 0.25) is 10.0 Å². The van der Waals surface area contributed by atoms with Crippen LogP contribution in [0.1, 0.15) is 63.5 Å². The number of rotatable bonds is 18. The number of carbonyl (C=O) groups is 1. The molecule has 0 amide bonds. The quantitative estimate of drug-likeness (QED) is 0.163. The van der Waals surface area contributed by atoms with E-state index >= 15 is 0 Å². The Balaban J connectivity index is 2.44. The highest BCUT2D eigenvalue weighted by molar-refractivity contribution is 7.99. The van der Waals surface area contributed by atoms with Gasteiger partial charge in [0.05, 0.1) is 30.4 Å². The Morgan fingerprint density at radius 3 is 2.50 bits per heavy atom. The van der Waals surface area contributed by atoms with Gasteiger partial charge in [-0.2, -0.15) is 11.8 Å². The van der Waals surface area contributed by atoms with Crippen molar-refractivity contribution in [2.24, 2.45) is 0 Å². The van der Waals surface area contributed by atoms with Crippen LogP contribution in [0.25, 0.3) is 0 Å². The molecule has 8 nitrogen and oxygen atoms in total. The normalized spacial score (nSPS) is 12.7. The number of hydrogen-bond donors (Lipinski definition) is 3. The number of hydrazine groups is 1. The molecule has 0 spiro atoms. The number of thioether (sulfide) groups is 1. The van der Waals surface area contributed by atoms with Crippen LogP contribution in [0, 0.1) is 0 Å². The third-order valence-corrected chi connectivity index (χ3v) is 6.85. The van der Waals surface area contributed by atoms with Crippen molar-refractivity contribution in [2.45, 2.75) is 58.0 Å². The van der Waals surface area contributed by atoms with Crippen LogP contribution in [0.2, 0.25) is 0 Å². The molecule has 1 atom stereocenters. The number of aliphatic hydroxyl groups is 2. The molecule has 3 N–H and O–H groups in total. The summed E-state index contributed by atoms with van der Waals surface area (Å²) in [6, 6.07) is 7.19. The van der Waals surface area contributed by atoms with E-state index in [1.165, 1.54) is 22.6 Å². The molecule has 1 rings (SSSR count). The molecule has 1 aromatic carbocycles. The average molecular weight is 491 g/mol. The van der Waals surface area contributed by atoms with E-state index in [2.05, 4.69) is 12.3 Å². The Kier molecular flexibility index (Phi) is 14.6. The smallest absolute Gasteiger partial charge is 0.315 e. The van der Waals surface area contributed by atoms with E-state index in [1.807, 2.05) is 12.1 Å². The van der Waals surface area contributed by atoms with Gasteiger partial charge in [-0.05, 0) is 42.7 Å². The Labute approximate surface area is 196 Å². The number of aliphatic hydroxyl groups excluding tert-OH is 2. The second-order valence-corrected chi connectivity index (χ2v) is 10.6. The summed E-state index contributed by atoms with van der Waals surface area (Å²) in [5.41, 5.74) is 4.40. The van der Waals surface area contributed by atoms with Gasteiger partial charge in [-0.25, -0.2) is 8.42 Å². The molecule has 184 valence electrons. The van der Waals surface area contributed by atoms with Crippen LogP contribution >= 0.6 is 11.8 Å². The number of anilines is 1. The van der Waals surface area contributed by atoms with Gasteiger partial charge in [-0.15, -0.1) is 4.41 Å². The fourth-order valence-corrected chi connectivity index (χ4v) is 4.51. The largest absolute Gasteiger partial charge is 0.463 e. The summed E-state index contributed by atoms with van der Waals surface area (Å²) in [5, 5.41) is 18.9. The molecule has 0 heterocycles. The zero-order valence-electron chi connectivity index (χ0n) is 19.2. The Bertz CT molecular complexity index is 743. The minimum Gasteiger partial charge on any atom is -0.463 e. The summed E-state index contributed by atoms with van der Waals surface area (Å²) in [6.45, 7) is 2.28. The zero-order valence-corrected chi connectivity index (χ0v) is 20.8. The van der Waals surface area contributed by atoms with Crippen molar-refractivity contribution in [3.8, 4) is 0 Å². The van der Waals surface area contributed by atoms with Crippen LogP contribution in [0.3, 0.4) is 0 Å². The maximum Gasteiger partial charge on any atom is 0.315 e. The Morgan fingerprint density at radius 1 is 1.16 bits per heavy atom. The lowest BCUT2D eigenvalue weighted by Gasteiger charge is -2.22. The molecule has 0 radical (unpaired) electrons. The molecule has 1 unspecified atom stereocenters. The Hall–Kier alpha value is -1.33. The molecule has 0 bridgehead atoms. The summed E-state index contributed by atoms with van der Waals surface area (Å²) in [5.74, 6) is 0.555. The topological polar surface area (TPSA) is 116 Å². The van der Waals surface area contributed by atoms with E-state index in [9.17, 15) is 18.3 Å². The van der Waals surface area contributed by atoms with Crippen LogP contribution < -0.4 is 5.43 Å². The molecule has 0 fully saturated rings. The van der Waals surface area contributed by atoms with E-state index < -0.39 is 16.1 Å². The number of hydrogen-bond acceptors (Lipinski definition) is 8. The van der Waals surface area contributed by atoms with Crippen LogP contribution in [0.5, 0.6) is 0 Å². The lowest BCUT2D eigenvalue weighted by Crippen LogP contribution is -2.36. The molecule has 0 aliphatic rings. The van der Waals surface area contributed by atoms with E-state index in [1.54, 1.807) is 12.1 Å². The first-order valence-corrected chi connectivity index (χ1v) is 14.1. The van der Waals surface area contributed by atoms with Gasteiger partial charge in [0.1, 0.15) is 6.61 Å². The molecule has 10 heteroatoms. The highest BCUT2D eigenvalue weighted by atomic mass is 32.2. The number of nitrogens with one attached hydrogen (secondary N) is 1. The summed E-state index contributed by atoms with van der Waals surface area (Å²) >= 11 is 1.42. The fourth-order valence-electron chi connectivity index (χ4n) is 2.98. The minimum atomic E-state index is -3.46. The number of esters is 1. The van der Waals surface area contributed by atoms with Crippen molar-refractivity contribution in [3.05, 3.63) is 29.8 Å². The molecule has 0 aliphatic heterocycles. The van der Waals surface area contributed by atoms with Crippen molar-refractivity contribution >= 4 is 33.4 Å². The van der Waals surface area contributed by atoms with Gasteiger partial charge in [0.25, 0.3) is 0 Å². The first-order chi connectivity index (χ1) is 15.3. The van der Waals surface area contributed by atoms with E-state index in [0.717, 1.165) is 43.9 Å². The predicted molar refractivity (Wildman–Crippen MR) is 130 cm³/mol. The van der Waals surface area contributed by atoms with Gasteiger partial charge in [0, 0.05) is 6.54 Å². The molecule has 1 aromatic rings. The number of carbonyl (C=O) groups excluding carboxylic acids is 1. The number of nitrogens with zero attached hydrogens (tertiary/aromatic N) is 1. The lowest BCUT2D eigenvalue weighted by atomic mass is 10.0. The van der Waals surface area contributed by atoms with Gasteiger partial charge >= 0.3 is 5.97 Å².